The van der Waals surface area contributed by atoms with Crippen LogP contribution < -0.4 is 11.5 Å². The number of fused-ring (bicyclic) bond motifs is 1. The molecule has 2 aromatic rings. The number of aliphatic hydroxyl groups excluding tert-OH is 2. The van der Waals surface area contributed by atoms with Crippen molar-refractivity contribution in [1.29, 1.82) is 5.26 Å². The average Bonchev–Trinajstić information content (AvgIpc) is 3.00. The van der Waals surface area contributed by atoms with E-state index in [1.54, 1.807) is 0 Å². The first-order valence-corrected chi connectivity index (χ1v) is 6.53. The average molecular weight is 305 g/mol. The molecule has 0 spiro atoms. The topological polar surface area (TPSA) is 169 Å². The first-order valence-electron chi connectivity index (χ1n) is 6.53. The smallest absolute Gasteiger partial charge is 0.224 e. The van der Waals surface area contributed by atoms with E-state index >= 15 is 0 Å². The maximum absolute atomic E-state index is 10.2. The molecule has 10 heteroatoms. The molecule has 1 aliphatic heterocycles. The van der Waals surface area contributed by atoms with Gasteiger partial charge in [-0.3, -0.25) is 4.57 Å². The van der Waals surface area contributed by atoms with Gasteiger partial charge in [-0.1, -0.05) is 0 Å². The van der Waals surface area contributed by atoms with Crippen LogP contribution in [-0.4, -0.2) is 48.5 Å². The van der Waals surface area contributed by atoms with Gasteiger partial charge in [0.15, 0.2) is 17.7 Å². The number of anilines is 2. The van der Waals surface area contributed by atoms with E-state index in [9.17, 15) is 15.5 Å². The summed E-state index contributed by atoms with van der Waals surface area (Å²) in [6, 6.07) is 2.05. The summed E-state index contributed by atoms with van der Waals surface area (Å²) in [6.45, 7) is 1.12. The molecule has 0 saturated carbocycles. The van der Waals surface area contributed by atoms with Gasteiger partial charge >= 0.3 is 0 Å². The molecule has 116 valence electrons. The van der Waals surface area contributed by atoms with Gasteiger partial charge in [-0.15, -0.1) is 0 Å². The molecule has 22 heavy (non-hydrogen) atoms. The van der Waals surface area contributed by atoms with Crippen LogP contribution in [-0.2, 0) is 4.74 Å². The van der Waals surface area contributed by atoms with Crippen LogP contribution in [0.2, 0.25) is 0 Å². The van der Waals surface area contributed by atoms with Crippen molar-refractivity contribution in [2.75, 3.05) is 18.1 Å². The SMILES string of the molecule is C[C@@]1(C#N)[C@H](O)[C@@H](CO)O[C@H]1n1cnc2c(N)nc(N)nc21. The minimum absolute atomic E-state index is 0.0392. The van der Waals surface area contributed by atoms with Crippen LogP contribution in [0, 0.1) is 16.7 Å². The quantitative estimate of drug-likeness (QED) is 0.530. The number of nitrogens with zero attached hydrogens (tertiary/aromatic N) is 5. The van der Waals surface area contributed by atoms with Gasteiger partial charge in [0.1, 0.15) is 23.1 Å². The Kier molecular flexibility index (Phi) is 3.13. The third kappa shape index (κ3) is 1.80. The summed E-state index contributed by atoms with van der Waals surface area (Å²) in [5, 5.41) is 29.0. The lowest BCUT2D eigenvalue weighted by atomic mass is 9.84. The second kappa shape index (κ2) is 4.77. The molecule has 1 fully saturated rings. The molecule has 0 aliphatic carbocycles. The molecule has 1 saturated heterocycles. The van der Waals surface area contributed by atoms with E-state index in [0.29, 0.717) is 11.2 Å². The monoisotopic (exact) mass is 305 g/mol. The van der Waals surface area contributed by atoms with Gasteiger partial charge in [-0.2, -0.15) is 15.2 Å². The summed E-state index contributed by atoms with van der Waals surface area (Å²) < 4.78 is 7.08. The van der Waals surface area contributed by atoms with Crippen LogP contribution >= 0.6 is 0 Å². The molecule has 6 N–H and O–H groups in total. The zero-order valence-corrected chi connectivity index (χ0v) is 11.7. The van der Waals surface area contributed by atoms with Crippen molar-refractivity contribution in [2.24, 2.45) is 5.41 Å². The van der Waals surface area contributed by atoms with E-state index < -0.39 is 30.5 Å². The second-order valence-corrected chi connectivity index (χ2v) is 5.34. The van der Waals surface area contributed by atoms with Crippen molar-refractivity contribution in [3.63, 3.8) is 0 Å². The van der Waals surface area contributed by atoms with E-state index in [4.69, 9.17) is 16.2 Å². The van der Waals surface area contributed by atoms with Gasteiger partial charge in [0.25, 0.3) is 0 Å². The summed E-state index contributed by atoms with van der Waals surface area (Å²) in [5.41, 5.74) is 10.7. The summed E-state index contributed by atoms with van der Waals surface area (Å²) in [7, 11) is 0. The first kappa shape index (κ1) is 14.5. The molecule has 3 heterocycles. The highest BCUT2D eigenvalue weighted by Gasteiger charge is 2.54. The molecule has 0 radical (unpaired) electrons. The van der Waals surface area contributed by atoms with E-state index in [1.165, 1.54) is 17.8 Å². The summed E-state index contributed by atoms with van der Waals surface area (Å²) >= 11 is 0. The maximum Gasteiger partial charge on any atom is 0.224 e. The minimum atomic E-state index is -1.30. The van der Waals surface area contributed by atoms with Crippen molar-refractivity contribution < 1.29 is 14.9 Å². The molecular weight excluding hydrogens is 290 g/mol. The first-order chi connectivity index (χ1) is 10.4. The summed E-state index contributed by atoms with van der Waals surface area (Å²) in [4.78, 5) is 12.0. The lowest BCUT2D eigenvalue weighted by molar-refractivity contribution is -0.0469. The van der Waals surface area contributed by atoms with Crippen LogP contribution in [0.1, 0.15) is 13.2 Å². The summed E-state index contributed by atoms with van der Waals surface area (Å²) in [6.07, 6.45) is -1.56. The van der Waals surface area contributed by atoms with Gasteiger partial charge in [0, 0.05) is 0 Å². The second-order valence-electron chi connectivity index (χ2n) is 5.34. The Bertz CT molecular complexity index is 770. The Labute approximate surface area is 125 Å². The Hall–Kier alpha value is -2.48. The van der Waals surface area contributed by atoms with Crippen molar-refractivity contribution in [2.45, 2.75) is 25.4 Å². The van der Waals surface area contributed by atoms with Crippen LogP contribution in [0.4, 0.5) is 11.8 Å². The fourth-order valence-corrected chi connectivity index (χ4v) is 2.66. The molecule has 0 bridgehead atoms. The number of rotatable bonds is 2. The lowest BCUT2D eigenvalue weighted by Gasteiger charge is -2.25. The highest BCUT2D eigenvalue weighted by atomic mass is 16.5. The molecule has 0 amide bonds. The zero-order valence-electron chi connectivity index (χ0n) is 11.7. The molecule has 0 unspecified atom stereocenters. The number of nitrogen functional groups attached to an aromatic ring is 2. The molecular formula is C12H15N7O3. The van der Waals surface area contributed by atoms with Crippen LogP contribution in [0.3, 0.4) is 0 Å². The molecule has 10 nitrogen and oxygen atoms in total. The number of aromatic nitrogens is 4. The third-order valence-electron chi connectivity index (χ3n) is 3.92. The molecule has 4 atom stereocenters. The van der Waals surface area contributed by atoms with Crippen molar-refractivity contribution in [3.8, 4) is 6.07 Å². The number of hydrogen-bond donors (Lipinski definition) is 4. The Morgan fingerprint density at radius 3 is 2.86 bits per heavy atom. The van der Waals surface area contributed by atoms with Crippen LogP contribution in [0.15, 0.2) is 6.33 Å². The Balaban J connectivity index is 2.17. The largest absolute Gasteiger partial charge is 0.394 e. The number of ether oxygens (including phenoxy) is 1. The van der Waals surface area contributed by atoms with E-state index in [-0.39, 0.29) is 11.8 Å². The molecule has 2 aromatic heterocycles. The Morgan fingerprint density at radius 2 is 2.23 bits per heavy atom. The van der Waals surface area contributed by atoms with E-state index in [0.717, 1.165) is 0 Å². The predicted octanol–water partition coefficient (Wildman–Crippen LogP) is -1.23. The summed E-state index contributed by atoms with van der Waals surface area (Å²) in [5.74, 6) is 0.0693. The van der Waals surface area contributed by atoms with Gasteiger partial charge in [-0.25, -0.2) is 4.98 Å². The van der Waals surface area contributed by atoms with E-state index in [2.05, 4.69) is 15.0 Å². The third-order valence-corrected chi connectivity index (χ3v) is 3.92. The van der Waals surface area contributed by atoms with Gasteiger partial charge in [0.2, 0.25) is 5.95 Å². The number of aliphatic hydroxyl groups is 2. The maximum atomic E-state index is 10.2. The minimum Gasteiger partial charge on any atom is -0.394 e. The zero-order chi connectivity index (χ0) is 16.1. The van der Waals surface area contributed by atoms with Crippen molar-refractivity contribution in [3.05, 3.63) is 6.33 Å². The fourth-order valence-electron chi connectivity index (χ4n) is 2.66. The standard InChI is InChI=1S/C12H15N7O3/c1-12(3-13)7(21)5(2-20)22-10(12)19-4-16-6-8(14)17-11(15)18-9(6)19/h4-5,7,10,20-21H,2H2,1H3,(H4,14,15,17,18)/t5-,7-,10-,12-/m1/s1. The van der Waals surface area contributed by atoms with Crippen molar-refractivity contribution >= 4 is 22.9 Å². The van der Waals surface area contributed by atoms with Crippen molar-refractivity contribution in [1.82, 2.24) is 19.5 Å². The normalized spacial score (nSPS) is 31.5. The van der Waals surface area contributed by atoms with Crippen LogP contribution in [0.5, 0.6) is 0 Å². The predicted molar refractivity (Wildman–Crippen MR) is 74.9 cm³/mol. The number of nitrogens with two attached hydrogens (primary N) is 2. The van der Waals surface area contributed by atoms with Gasteiger partial charge < -0.3 is 26.4 Å². The molecule has 3 rings (SSSR count). The number of imidazole rings is 1. The van der Waals surface area contributed by atoms with Crippen LogP contribution in [0.25, 0.3) is 11.2 Å². The highest BCUT2D eigenvalue weighted by molar-refractivity contribution is 5.82. The number of nitriles is 1. The number of hydrogen-bond acceptors (Lipinski definition) is 9. The highest BCUT2D eigenvalue weighted by Crippen LogP contribution is 2.45. The Morgan fingerprint density at radius 1 is 1.50 bits per heavy atom. The lowest BCUT2D eigenvalue weighted by Crippen LogP contribution is -2.37. The molecule has 0 aromatic carbocycles. The molecule has 1 aliphatic rings. The van der Waals surface area contributed by atoms with Gasteiger partial charge in [-0.05, 0) is 6.92 Å². The van der Waals surface area contributed by atoms with E-state index in [1.807, 2.05) is 6.07 Å². The van der Waals surface area contributed by atoms with Gasteiger partial charge in [0.05, 0.1) is 19.0 Å². The fraction of sp³-hybridized carbons (Fsp3) is 0.500.